The van der Waals surface area contributed by atoms with Gasteiger partial charge in [-0.15, -0.1) is 0 Å². The summed E-state index contributed by atoms with van der Waals surface area (Å²) in [7, 11) is 1.59. The van der Waals surface area contributed by atoms with Crippen molar-refractivity contribution in [3.8, 4) is 11.5 Å². The summed E-state index contributed by atoms with van der Waals surface area (Å²) in [6.45, 7) is 0.184. The second-order valence-electron chi connectivity index (χ2n) is 4.53. The number of fused-ring (bicyclic) bond motifs is 1. The van der Waals surface area contributed by atoms with Crippen molar-refractivity contribution in [2.45, 2.75) is 11.7 Å². The zero-order chi connectivity index (χ0) is 15.0. The molecule has 1 aromatic rings. The molecule has 0 bridgehead atoms. The molecule has 1 unspecified atom stereocenters. The van der Waals surface area contributed by atoms with E-state index in [0.29, 0.717) is 22.4 Å². The minimum Gasteiger partial charge on any atom is -0.481 e. The average molecular weight is 308 g/mol. The van der Waals surface area contributed by atoms with Crippen LogP contribution in [0.25, 0.3) is 0 Å². The molecule has 0 spiro atoms. The van der Waals surface area contributed by atoms with Crippen LogP contribution in [0, 0.1) is 0 Å². The maximum absolute atomic E-state index is 11.9. The van der Waals surface area contributed by atoms with Crippen molar-refractivity contribution in [1.29, 1.82) is 0 Å². The highest BCUT2D eigenvalue weighted by atomic mass is 32.2. The predicted molar refractivity (Wildman–Crippen MR) is 76.1 cm³/mol. The number of hydrogen-bond acceptors (Lipinski definition) is 6. The van der Waals surface area contributed by atoms with Crippen LogP contribution in [0.4, 0.5) is 5.69 Å². The minimum atomic E-state index is -1.00. The Balaban J connectivity index is 1.83. The first kappa shape index (κ1) is 13.7. The van der Waals surface area contributed by atoms with E-state index in [2.05, 4.69) is 4.99 Å². The summed E-state index contributed by atoms with van der Waals surface area (Å²) in [5, 5.41) is 8.66. The van der Waals surface area contributed by atoms with Gasteiger partial charge in [0.1, 0.15) is 5.25 Å². The molecule has 1 atom stereocenters. The lowest BCUT2D eigenvalue weighted by atomic mass is 10.3. The number of carboxylic acid groups (broad SMARTS) is 1. The highest BCUT2D eigenvalue weighted by molar-refractivity contribution is 8.15. The molecule has 1 aromatic carbocycles. The van der Waals surface area contributed by atoms with Crippen molar-refractivity contribution in [2.24, 2.45) is 4.99 Å². The van der Waals surface area contributed by atoms with Crippen molar-refractivity contribution in [3.63, 3.8) is 0 Å². The summed E-state index contributed by atoms with van der Waals surface area (Å²) in [4.78, 5) is 28.4. The molecule has 1 amide bonds. The maximum Gasteiger partial charge on any atom is 0.305 e. The molecule has 0 saturated carbocycles. The highest BCUT2D eigenvalue weighted by Crippen LogP contribution is 2.37. The second kappa shape index (κ2) is 5.28. The molecule has 0 aliphatic carbocycles. The number of hydrogen-bond donors (Lipinski definition) is 1. The van der Waals surface area contributed by atoms with E-state index in [4.69, 9.17) is 14.6 Å². The van der Waals surface area contributed by atoms with Crippen LogP contribution in [0.3, 0.4) is 0 Å². The number of carbonyl (C=O) groups is 2. The van der Waals surface area contributed by atoms with E-state index in [1.165, 1.54) is 4.90 Å². The lowest BCUT2D eigenvalue weighted by molar-refractivity contribution is -0.139. The molecule has 2 aliphatic heterocycles. The molecule has 2 aliphatic rings. The molecule has 1 saturated heterocycles. The largest absolute Gasteiger partial charge is 0.481 e. The number of nitrogens with zero attached hydrogens (tertiary/aromatic N) is 2. The van der Waals surface area contributed by atoms with Gasteiger partial charge in [0.15, 0.2) is 16.7 Å². The minimum absolute atomic E-state index is 0.184. The van der Waals surface area contributed by atoms with Crippen LogP contribution in [0.15, 0.2) is 23.2 Å². The van der Waals surface area contributed by atoms with Crippen molar-refractivity contribution in [3.05, 3.63) is 18.2 Å². The van der Waals surface area contributed by atoms with Gasteiger partial charge in [-0.2, -0.15) is 0 Å². The Bertz CT molecular complexity index is 645. The number of ether oxygens (including phenoxy) is 2. The lowest BCUT2D eigenvalue weighted by Gasteiger charge is -2.08. The van der Waals surface area contributed by atoms with Crippen molar-refractivity contribution in [2.75, 3.05) is 13.8 Å². The van der Waals surface area contributed by atoms with Crippen LogP contribution in [0.2, 0.25) is 0 Å². The van der Waals surface area contributed by atoms with Gasteiger partial charge in [-0.3, -0.25) is 14.5 Å². The third-order valence-corrected chi connectivity index (χ3v) is 4.31. The van der Waals surface area contributed by atoms with Crippen LogP contribution in [0.1, 0.15) is 6.42 Å². The molecule has 0 radical (unpaired) electrons. The fraction of sp³-hybridized carbons (Fsp3) is 0.308. The molecular weight excluding hydrogens is 296 g/mol. The van der Waals surface area contributed by atoms with E-state index in [1.54, 1.807) is 25.2 Å². The van der Waals surface area contributed by atoms with Gasteiger partial charge in [-0.25, -0.2) is 4.99 Å². The molecule has 2 heterocycles. The monoisotopic (exact) mass is 308 g/mol. The molecule has 3 rings (SSSR count). The first-order chi connectivity index (χ1) is 10.0. The smallest absolute Gasteiger partial charge is 0.305 e. The number of rotatable bonds is 3. The fourth-order valence-electron chi connectivity index (χ4n) is 2.02. The summed E-state index contributed by atoms with van der Waals surface area (Å²) in [6.07, 6.45) is -0.214. The lowest BCUT2D eigenvalue weighted by Crippen LogP contribution is -2.28. The Labute approximate surface area is 124 Å². The number of aliphatic carboxylic acids is 1. The topological polar surface area (TPSA) is 88.4 Å². The summed E-state index contributed by atoms with van der Waals surface area (Å²) in [5.41, 5.74) is 0.623. The van der Waals surface area contributed by atoms with Gasteiger partial charge in [0.05, 0.1) is 12.1 Å². The predicted octanol–water partition coefficient (Wildman–Crippen LogP) is 1.45. The normalized spacial score (nSPS) is 22.1. The number of amides is 1. The Hall–Kier alpha value is -2.22. The molecule has 1 fully saturated rings. The zero-order valence-electron chi connectivity index (χ0n) is 11.1. The molecular formula is C13H12N2O5S. The number of carboxylic acids is 1. The molecule has 1 N–H and O–H groups in total. The zero-order valence-corrected chi connectivity index (χ0v) is 11.9. The first-order valence-electron chi connectivity index (χ1n) is 6.19. The van der Waals surface area contributed by atoms with Crippen molar-refractivity contribution >= 4 is 34.5 Å². The molecule has 21 heavy (non-hydrogen) atoms. The molecule has 110 valence electrons. The van der Waals surface area contributed by atoms with E-state index < -0.39 is 11.2 Å². The fourth-order valence-corrected chi connectivity index (χ4v) is 3.17. The number of benzene rings is 1. The third-order valence-electron chi connectivity index (χ3n) is 3.08. The van der Waals surface area contributed by atoms with Crippen LogP contribution < -0.4 is 9.47 Å². The highest BCUT2D eigenvalue weighted by Gasteiger charge is 2.37. The van der Waals surface area contributed by atoms with Crippen LogP contribution >= 0.6 is 11.8 Å². The summed E-state index contributed by atoms with van der Waals surface area (Å²) >= 11 is 1.16. The summed E-state index contributed by atoms with van der Waals surface area (Å²) < 4.78 is 10.5. The van der Waals surface area contributed by atoms with Gasteiger partial charge >= 0.3 is 5.97 Å². The summed E-state index contributed by atoms with van der Waals surface area (Å²) in [6, 6.07) is 5.22. The quantitative estimate of drug-likeness (QED) is 0.909. The van der Waals surface area contributed by atoms with Gasteiger partial charge in [0.25, 0.3) is 0 Å². The third kappa shape index (κ3) is 2.66. The number of amidine groups is 1. The van der Waals surface area contributed by atoms with E-state index in [9.17, 15) is 9.59 Å². The van der Waals surface area contributed by atoms with Crippen LogP contribution in [-0.2, 0) is 9.59 Å². The number of aliphatic imine (C=N–C) groups is 1. The van der Waals surface area contributed by atoms with Crippen molar-refractivity contribution in [1.82, 2.24) is 4.90 Å². The second-order valence-corrected chi connectivity index (χ2v) is 5.70. The van der Waals surface area contributed by atoms with E-state index in [0.717, 1.165) is 11.8 Å². The number of carbonyl (C=O) groups excluding carboxylic acids is 1. The van der Waals surface area contributed by atoms with E-state index >= 15 is 0 Å². The molecule has 8 heteroatoms. The Morgan fingerprint density at radius 3 is 3.00 bits per heavy atom. The Morgan fingerprint density at radius 1 is 1.48 bits per heavy atom. The summed E-state index contributed by atoms with van der Waals surface area (Å²) in [5.74, 6) is 0.0163. The van der Waals surface area contributed by atoms with E-state index in [-0.39, 0.29) is 19.1 Å². The SMILES string of the molecule is CN1C(=O)C(CC(=O)O)SC1=Nc1ccc2c(c1)OCO2. The van der Waals surface area contributed by atoms with E-state index in [1.807, 2.05) is 0 Å². The van der Waals surface area contributed by atoms with Gasteiger partial charge < -0.3 is 14.6 Å². The average Bonchev–Trinajstić information content (AvgIpc) is 2.99. The maximum atomic E-state index is 11.9. The van der Waals surface area contributed by atoms with Crippen molar-refractivity contribution < 1.29 is 24.2 Å². The molecule has 7 nitrogen and oxygen atoms in total. The van der Waals surface area contributed by atoms with Crippen LogP contribution in [-0.4, -0.2) is 46.1 Å². The number of thioether (sulfide) groups is 1. The standard InChI is InChI=1S/C13H12N2O5S/c1-15-12(18)10(5-11(16)17)21-13(15)14-7-2-3-8-9(4-7)20-6-19-8/h2-4,10H,5-6H2,1H3,(H,16,17). The first-order valence-corrected chi connectivity index (χ1v) is 7.07. The van der Waals surface area contributed by atoms with Gasteiger partial charge in [0.2, 0.25) is 12.7 Å². The van der Waals surface area contributed by atoms with Crippen LogP contribution in [0.5, 0.6) is 11.5 Å². The van der Waals surface area contributed by atoms with Gasteiger partial charge in [-0.1, -0.05) is 11.8 Å². The Kier molecular flexibility index (Phi) is 3.46. The van der Waals surface area contributed by atoms with Gasteiger partial charge in [-0.05, 0) is 12.1 Å². The molecule has 0 aromatic heterocycles. The van der Waals surface area contributed by atoms with Gasteiger partial charge in [0, 0.05) is 13.1 Å². The Morgan fingerprint density at radius 2 is 2.24 bits per heavy atom.